The fourth-order valence-electron chi connectivity index (χ4n) is 3.20. The Morgan fingerprint density at radius 2 is 1.80 bits per heavy atom. The van der Waals surface area contributed by atoms with Crippen molar-refractivity contribution < 1.29 is 17.2 Å². The molecule has 5 nitrogen and oxygen atoms in total. The summed E-state index contributed by atoms with van der Waals surface area (Å²) in [5.74, 6) is -1.77. The second-order valence-electron chi connectivity index (χ2n) is 6.70. The highest BCUT2D eigenvalue weighted by Crippen LogP contribution is 2.23. The first kappa shape index (κ1) is 20.2. The summed E-state index contributed by atoms with van der Waals surface area (Å²) in [6, 6.07) is 2.58. The third kappa shape index (κ3) is 5.20. The molecular formula is C17H27F2N3O2S. The fourth-order valence-corrected chi connectivity index (χ4v) is 4.71. The van der Waals surface area contributed by atoms with Gasteiger partial charge < -0.3 is 4.90 Å². The van der Waals surface area contributed by atoms with Crippen LogP contribution in [0.1, 0.15) is 19.8 Å². The lowest BCUT2D eigenvalue weighted by Gasteiger charge is -2.30. The molecule has 1 saturated heterocycles. The van der Waals surface area contributed by atoms with Crippen molar-refractivity contribution >= 4 is 10.0 Å². The summed E-state index contributed by atoms with van der Waals surface area (Å²) in [7, 11) is -0.238. The van der Waals surface area contributed by atoms with Gasteiger partial charge in [0.2, 0.25) is 10.0 Å². The Bertz CT molecular complexity index is 662. The lowest BCUT2D eigenvalue weighted by atomic mass is 10.2. The molecule has 8 heteroatoms. The molecule has 1 fully saturated rings. The smallest absolute Gasteiger partial charge is 0.243 e. The van der Waals surface area contributed by atoms with Crippen molar-refractivity contribution in [1.29, 1.82) is 0 Å². The predicted octanol–water partition coefficient (Wildman–Crippen LogP) is 2.00. The van der Waals surface area contributed by atoms with Gasteiger partial charge in [0.25, 0.3) is 0 Å². The van der Waals surface area contributed by atoms with Crippen molar-refractivity contribution in [2.45, 2.75) is 30.7 Å². The van der Waals surface area contributed by atoms with Gasteiger partial charge in [-0.05, 0) is 52.2 Å². The van der Waals surface area contributed by atoms with Crippen LogP contribution in [0, 0.1) is 11.6 Å². The standard InChI is InChI=1S/C17H27F2N3O2S/c1-4-21-7-5-6-16(21)13-22(9-8-20(2)3)25(23,24)17-11-14(18)10-15(19)12-17/h10-12,16H,4-9,13H2,1-3H3/t16-/m0/s1. The zero-order valence-corrected chi connectivity index (χ0v) is 15.9. The molecule has 0 saturated carbocycles. The average molecular weight is 375 g/mol. The summed E-state index contributed by atoms with van der Waals surface area (Å²) in [5.41, 5.74) is 0. The molecule has 0 amide bonds. The number of benzene rings is 1. The maximum atomic E-state index is 13.5. The van der Waals surface area contributed by atoms with E-state index in [0.29, 0.717) is 19.2 Å². The van der Waals surface area contributed by atoms with E-state index >= 15 is 0 Å². The summed E-state index contributed by atoms with van der Waals surface area (Å²) in [6.45, 7) is 5.02. The summed E-state index contributed by atoms with van der Waals surface area (Å²) >= 11 is 0. The van der Waals surface area contributed by atoms with Crippen LogP contribution in [0.5, 0.6) is 0 Å². The van der Waals surface area contributed by atoms with E-state index in [2.05, 4.69) is 11.8 Å². The highest BCUT2D eigenvalue weighted by atomic mass is 32.2. The van der Waals surface area contributed by atoms with E-state index in [9.17, 15) is 17.2 Å². The topological polar surface area (TPSA) is 43.9 Å². The Balaban J connectivity index is 2.29. The summed E-state index contributed by atoms with van der Waals surface area (Å²) in [6.07, 6.45) is 1.97. The number of hydrogen-bond acceptors (Lipinski definition) is 4. The third-order valence-electron chi connectivity index (χ3n) is 4.59. The molecule has 0 aromatic heterocycles. The van der Waals surface area contributed by atoms with Gasteiger partial charge in [-0.1, -0.05) is 6.92 Å². The minimum Gasteiger partial charge on any atom is -0.308 e. The molecule has 0 spiro atoms. The van der Waals surface area contributed by atoms with Crippen LogP contribution in [0.4, 0.5) is 8.78 Å². The Labute approximate surface area is 149 Å². The largest absolute Gasteiger partial charge is 0.308 e. The van der Waals surface area contributed by atoms with E-state index in [1.54, 1.807) is 0 Å². The first-order valence-corrected chi connectivity index (χ1v) is 10.0. The molecule has 0 N–H and O–H groups in total. The Morgan fingerprint density at radius 1 is 1.16 bits per heavy atom. The minimum atomic E-state index is -3.96. The van der Waals surface area contributed by atoms with Crippen molar-refractivity contribution in [3.05, 3.63) is 29.8 Å². The van der Waals surface area contributed by atoms with Gasteiger partial charge in [-0.2, -0.15) is 4.31 Å². The second-order valence-corrected chi connectivity index (χ2v) is 8.63. The molecule has 1 aliphatic heterocycles. The molecule has 0 unspecified atom stereocenters. The zero-order chi connectivity index (χ0) is 18.6. The van der Waals surface area contributed by atoms with Crippen molar-refractivity contribution in [2.24, 2.45) is 0 Å². The van der Waals surface area contributed by atoms with Crippen molar-refractivity contribution in [2.75, 3.05) is 46.8 Å². The van der Waals surface area contributed by atoms with Crippen LogP contribution < -0.4 is 0 Å². The Hall–Kier alpha value is -1.09. The van der Waals surface area contributed by atoms with Gasteiger partial charge in [0.15, 0.2) is 0 Å². The van der Waals surface area contributed by atoms with Crippen LogP contribution in [-0.2, 0) is 10.0 Å². The van der Waals surface area contributed by atoms with Crippen LogP contribution in [0.15, 0.2) is 23.1 Å². The van der Waals surface area contributed by atoms with Gasteiger partial charge in [-0.3, -0.25) is 4.90 Å². The quantitative estimate of drug-likeness (QED) is 0.697. The highest BCUT2D eigenvalue weighted by molar-refractivity contribution is 7.89. The summed E-state index contributed by atoms with van der Waals surface area (Å²) < 4.78 is 54.4. The van der Waals surface area contributed by atoms with Crippen LogP contribution in [0.2, 0.25) is 0 Å². The zero-order valence-electron chi connectivity index (χ0n) is 15.1. The van der Waals surface area contributed by atoms with Gasteiger partial charge in [0, 0.05) is 31.7 Å². The third-order valence-corrected chi connectivity index (χ3v) is 6.43. The minimum absolute atomic E-state index is 0.139. The molecule has 25 heavy (non-hydrogen) atoms. The van der Waals surface area contributed by atoms with Crippen molar-refractivity contribution in [1.82, 2.24) is 14.1 Å². The van der Waals surface area contributed by atoms with Gasteiger partial charge >= 0.3 is 0 Å². The van der Waals surface area contributed by atoms with Gasteiger partial charge in [0.05, 0.1) is 4.90 Å². The Morgan fingerprint density at radius 3 is 2.36 bits per heavy atom. The maximum Gasteiger partial charge on any atom is 0.243 e. The van der Waals surface area contributed by atoms with Gasteiger partial charge in [-0.15, -0.1) is 0 Å². The van der Waals surface area contributed by atoms with Crippen molar-refractivity contribution in [3.63, 3.8) is 0 Å². The first-order valence-electron chi connectivity index (χ1n) is 8.59. The molecule has 1 aromatic carbocycles. The number of likely N-dealkylation sites (N-methyl/N-ethyl adjacent to an activating group) is 2. The molecule has 0 bridgehead atoms. The van der Waals surface area contributed by atoms with E-state index in [1.165, 1.54) is 4.31 Å². The number of likely N-dealkylation sites (tertiary alicyclic amines) is 1. The van der Waals surface area contributed by atoms with E-state index in [0.717, 1.165) is 38.1 Å². The highest BCUT2D eigenvalue weighted by Gasteiger charge is 2.32. The predicted molar refractivity (Wildman–Crippen MR) is 93.9 cm³/mol. The average Bonchev–Trinajstić information content (AvgIpc) is 2.97. The van der Waals surface area contributed by atoms with Crippen LogP contribution in [-0.4, -0.2) is 75.4 Å². The maximum absolute atomic E-state index is 13.5. The number of sulfonamides is 1. The monoisotopic (exact) mass is 375 g/mol. The summed E-state index contributed by atoms with van der Waals surface area (Å²) in [4.78, 5) is 3.82. The molecule has 1 aliphatic rings. The lowest BCUT2D eigenvalue weighted by molar-refractivity contribution is 0.220. The molecular weight excluding hydrogens is 348 g/mol. The number of rotatable bonds is 8. The van der Waals surface area contributed by atoms with Gasteiger partial charge in [-0.25, -0.2) is 17.2 Å². The Kier molecular flexibility index (Phi) is 6.90. The molecule has 142 valence electrons. The molecule has 0 aliphatic carbocycles. The molecule has 1 aromatic rings. The molecule has 2 rings (SSSR count). The van der Waals surface area contributed by atoms with Crippen LogP contribution in [0.25, 0.3) is 0 Å². The number of hydrogen-bond donors (Lipinski definition) is 0. The number of nitrogens with zero attached hydrogens (tertiary/aromatic N) is 3. The van der Waals surface area contributed by atoms with E-state index < -0.39 is 21.7 Å². The molecule has 1 heterocycles. The van der Waals surface area contributed by atoms with E-state index in [1.807, 2.05) is 19.0 Å². The second kappa shape index (κ2) is 8.53. The number of halogens is 2. The van der Waals surface area contributed by atoms with Gasteiger partial charge in [0.1, 0.15) is 11.6 Å². The lowest BCUT2D eigenvalue weighted by Crippen LogP contribution is -2.45. The van der Waals surface area contributed by atoms with E-state index in [4.69, 9.17) is 0 Å². The molecule has 0 radical (unpaired) electrons. The van der Waals surface area contributed by atoms with E-state index in [-0.39, 0.29) is 17.5 Å². The first-order chi connectivity index (χ1) is 11.7. The van der Waals surface area contributed by atoms with Crippen molar-refractivity contribution in [3.8, 4) is 0 Å². The van der Waals surface area contributed by atoms with Crippen LogP contribution in [0.3, 0.4) is 0 Å². The molecule has 1 atom stereocenters. The fraction of sp³-hybridized carbons (Fsp3) is 0.647. The normalized spacial score (nSPS) is 19.2. The summed E-state index contributed by atoms with van der Waals surface area (Å²) in [5, 5.41) is 0. The van der Waals surface area contributed by atoms with Crippen LogP contribution >= 0.6 is 0 Å². The SMILES string of the molecule is CCN1CCC[C@H]1CN(CCN(C)C)S(=O)(=O)c1cc(F)cc(F)c1.